The molecular weight excluding hydrogens is 522 g/mol. The molecule has 39 heavy (non-hydrogen) atoms. The summed E-state index contributed by atoms with van der Waals surface area (Å²) < 4.78 is 18.4. The van der Waals surface area contributed by atoms with Crippen LogP contribution in [0.15, 0.2) is 85.6 Å². The molecule has 0 aliphatic carbocycles. The van der Waals surface area contributed by atoms with E-state index in [9.17, 15) is 9.59 Å². The minimum atomic E-state index is -1.92. The van der Waals surface area contributed by atoms with Crippen LogP contribution in [-0.4, -0.2) is 38.4 Å². The number of benzene rings is 2. The molecule has 0 spiro atoms. The lowest BCUT2D eigenvalue weighted by Gasteiger charge is -2.33. The number of nitrogens with two attached hydrogens (primary N) is 1. The third kappa shape index (κ3) is 4.44. The number of hydrogen-bond acceptors (Lipinski definition) is 7. The van der Waals surface area contributed by atoms with Gasteiger partial charge in [0.25, 0.3) is 5.91 Å². The Hall–Kier alpha value is -4.83. The van der Waals surface area contributed by atoms with Crippen LogP contribution in [0, 0.1) is 0 Å². The van der Waals surface area contributed by atoms with E-state index < -0.39 is 23.6 Å². The van der Waals surface area contributed by atoms with Crippen molar-refractivity contribution in [3.63, 3.8) is 0 Å². The van der Waals surface area contributed by atoms with Crippen molar-refractivity contribution in [3.8, 4) is 22.8 Å². The third-order valence-corrected chi connectivity index (χ3v) is 6.79. The van der Waals surface area contributed by atoms with Crippen molar-refractivity contribution in [2.75, 3.05) is 0 Å². The Kier molecular flexibility index (Phi) is 6.16. The predicted molar refractivity (Wildman–Crippen MR) is 141 cm³/mol. The van der Waals surface area contributed by atoms with Crippen molar-refractivity contribution in [1.82, 2.24) is 20.1 Å². The van der Waals surface area contributed by atoms with E-state index in [-0.39, 0.29) is 17.8 Å². The lowest BCUT2D eigenvalue weighted by molar-refractivity contribution is -0.182. The number of hydrogen-bond donors (Lipinski definition) is 2. The van der Waals surface area contributed by atoms with Gasteiger partial charge in [0.2, 0.25) is 0 Å². The number of rotatable bonds is 7. The van der Waals surface area contributed by atoms with E-state index in [1.165, 1.54) is 17.2 Å². The van der Waals surface area contributed by atoms with E-state index >= 15 is 0 Å². The molecule has 10 nitrogen and oxygen atoms in total. The number of amides is 2. The van der Waals surface area contributed by atoms with Crippen molar-refractivity contribution >= 4 is 23.4 Å². The number of nitrogens with zero attached hydrogens (tertiary/aromatic N) is 3. The Morgan fingerprint density at radius 3 is 2.67 bits per heavy atom. The van der Waals surface area contributed by atoms with E-state index in [0.717, 1.165) is 16.7 Å². The van der Waals surface area contributed by atoms with Crippen LogP contribution in [0.3, 0.4) is 0 Å². The quantitative estimate of drug-likeness (QED) is 0.364. The zero-order chi connectivity index (χ0) is 27.0. The molecular formula is C28H22ClN5O5. The number of carbonyl (C=O) groups excluding carboxylic acids is 2. The first kappa shape index (κ1) is 24.5. The second kappa shape index (κ2) is 9.80. The average molecular weight is 544 g/mol. The number of primary amides is 1. The minimum Gasteiger partial charge on any atom is -0.488 e. The summed E-state index contributed by atoms with van der Waals surface area (Å²) in [7, 11) is 0. The maximum atomic E-state index is 13.7. The molecule has 1 unspecified atom stereocenters. The van der Waals surface area contributed by atoms with Gasteiger partial charge in [-0.1, -0.05) is 41.9 Å². The number of carbonyl (C=O) groups is 2. The summed E-state index contributed by atoms with van der Waals surface area (Å²) in [4.78, 5) is 30.7. The molecule has 0 saturated carbocycles. The fourth-order valence-corrected chi connectivity index (χ4v) is 4.85. The Bertz CT molecular complexity index is 1600. The molecule has 1 atom stereocenters. The van der Waals surface area contributed by atoms with E-state index in [2.05, 4.69) is 10.3 Å². The molecule has 11 heteroatoms. The fraction of sp³-hybridized carbons (Fsp3) is 0.143. The third-order valence-electron chi connectivity index (χ3n) is 6.55. The Balaban J connectivity index is 1.35. The fourth-order valence-electron chi connectivity index (χ4n) is 4.68. The number of ether oxygens (including phenoxy) is 3. The SMILES string of the molecule is NC(=O)C1(C(Cc2ccccc2)NC(=O)c2cccnc2-n2cc3c(n2)-c2cc(Cl)ccc2OC3)OC=CO1. The molecule has 0 saturated heterocycles. The van der Waals surface area contributed by atoms with Gasteiger partial charge < -0.3 is 25.3 Å². The highest BCUT2D eigenvalue weighted by atomic mass is 35.5. The monoisotopic (exact) mass is 543 g/mol. The number of aromatic nitrogens is 3. The number of fused-ring (bicyclic) bond motifs is 3. The van der Waals surface area contributed by atoms with E-state index in [1.807, 2.05) is 30.3 Å². The molecule has 3 N–H and O–H groups in total. The normalized spacial score (nSPS) is 15.2. The van der Waals surface area contributed by atoms with Crippen LogP contribution in [0.25, 0.3) is 17.1 Å². The summed E-state index contributed by atoms with van der Waals surface area (Å²) in [6, 6.07) is 16.9. The van der Waals surface area contributed by atoms with E-state index in [4.69, 9.17) is 36.6 Å². The van der Waals surface area contributed by atoms with Crippen molar-refractivity contribution < 1.29 is 23.8 Å². The first-order valence-corrected chi connectivity index (χ1v) is 12.4. The Labute approximate surface area is 228 Å². The zero-order valence-corrected chi connectivity index (χ0v) is 21.2. The molecule has 0 radical (unpaired) electrons. The summed E-state index contributed by atoms with van der Waals surface area (Å²) >= 11 is 6.21. The summed E-state index contributed by atoms with van der Waals surface area (Å²) in [5.74, 6) is -2.36. The molecule has 4 aromatic rings. The van der Waals surface area contributed by atoms with Gasteiger partial charge in [0, 0.05) is 35.0 Å². The Morgan fingerprint density at radius 2 is 1.90 bits per heavy atom. The highest BCUT2D eigenvalue weighted by Crippen LogP contribution is 2.38. The van der Waals surface area contributed by atoms with Crippen molar-refractivity contribution in [2.45, 2.75) is 24.9 Å². The average Bonchev–Trinajstić information content (AvgIpc) is 3.62. The summed E-state index contributed by atoms with van der Waals surface area (Å²) in [6.45, 7) is 0.306. The molecule has 196 valence electrons. The lowest BCUT2D eigenvalue weighted by Crippen LogP contribution is -2.61. The van der Waals surface area contributed by atoms with Crippen molar-refractivity contribution in [3.05, 3.63) is 107 Å². The van der Waals surface area contributed by atoms with Crippen LogP contribution in [0.1, 0.15) is 21.5 Å². The molecule has 0 bridgehead atoms. The molecule has 6 rings (SSSR count). The maximum absolute atomic E-state index is 13.7. The van der Waals surface area contributed by atoms with Gasteiger partial charge in [0.15, 0.2) is 5.82 Å². The van der Waals surface area contributed by atoms with Crippen LogP contribution in [0.2, 0.25) is 5.02 Å². The molecule has 2 amide bonds. The smallest absolute Gasteiger partial charge is 0.352 e. The molecule has 4 heterocycles. The van der Waals surface area contributed by atoms with Crippen LogP contribution in [-0.2, 0) is 27.3 Å². The summed E-state index contributed by atoms with van der Waals surface area (Å²) in [5.41, 5.74) is 9.00. The predicted octanol–water partition coefficient (Wildman–Crippen LogP) is 3.52. The van der Waals surface area contributed by atoms with Crippen molar-refractivity contribution in [2.24, 2.45) is 5.73 Å². The summed E-state index contributed by atoms with van der Waals surface area (Å²) in [5, 5.41) is 8.15. The molecule has 2 aromatic heterocycles. The zero-order valence-electron chi connectivity index (χ0n) is 20.4. The van der Waals surface area contributed by atoms with Gasteiger partial charge in [-0.15, -0.1) is 0 Å². The maximum Gasteiger partial charge on any atom is 0.352 e. The lowest BCUT2D eigenvalue weighted by atomic mass is 9.97. The van der Waals surface area contributed by atoms with Crippen LogP contribution in [0.4, 0.5) is 0 Å². The van der Waals surface area contributed by atoms with Crippen LogP contribution >= 0.6 is 11.6 Å². The van der Waals surface area contributed by atoms with Crippen molar-refractivity contribution in [1.29, 1.82) is 0 Å². The Morgan fingerprint density at radius 1 is 1.10 bits per heavy atom. The summed E-state index contributed by atoms with van der Waals surface area (Å²) in [6.07, 6.45) is 5.98. The highest BCUT2D eigenvalue weighted by molar-refractivity contribution is 6.31. The molecule has 2 aliphatic rings. The second-order valence-corrected chi connectivity index (χ2v) is 9.44. The van der Waals surface area contributed by atoms with E-state index in [0.29, 0.717) is 23.1 Å². The molecule has 0 fully saturated rings. The topological polar surface area (TPSA) is 131 Å². The number of pyridine rings is 1. The van der Waals surface area contributed by atoms with Crippen LogP contribution < -0.4 is 15.8 Å². The minimum absolute atomic E-state index is 0.206. The van der Waals surface area contributed by atoms with Gasteiger partial charge in [0.1, 0.15) is 36.6 Å². The second-order valence-electron chi connectivity index (χ2n) is 9.01. The largest absolute Gasteiger partial charge is 0.488 e. The van der Waals surface area contributed by atoms with Gasteiger partial charge >= 0.3 is 11.7 Å². The first-order chi connectivity index (χ1) is 18.9. The van der Waals surface area contributed by atoms with Gasteiger partial charge in [-0.25, -0.2) is 9.67 Å². The molecule has 2 aliphatic heterocycles. The van der Waals surface area contributed by atoms with Crippen LogP contribution in [0.5, 0.6) is 5.75 Å². The highest BCUT2D eigenvalue weighted by Gasteiger charge is 2.51. The number of halogens is 1. The first-order valence-electron chi connectivity index (χ1n) is 12.1. The van der Waals surface area contributed by atoms with Gasteiger partial charge in [-0.05, 0) is 35.9 Å². The van der Waals surface area contributed by atoms with Gasteiger partial charge in [-0.3, -0.25) is 9.59 Å². The van der Waals surface area contributed by atoms with E-state index in [1.54, 1.807) is 42.7 Å². The van der Waals surface area contributed by atoms with Gasteiger partial charge in [0.05, 0.1) is 5.56 Å². The van der Waals surface area contributed by atoms with Gasteiger partial charge in [-0.2, -0.15) is 5.10 Å². The number of nitrogens with one attached hydrogen (secondary N) is 1. The standard InChI is InChI=1S/C28H22ClN5O5/c29-19-8-9-22-21(14-19)24-18(16-37-22)15-34(33-24)25-20(7-4-10-31-25)26(35)32-23(13-17-5-2-1-3-6-17)28(27(30)36)38-11-12-39-28/h1-12,14-15,23H,13,16H2,(H2,30,36)(H,32,35). The molecule has 2 aromatic carbocycles.